The highest BCUT2D eigenvalue weighted by molar-refractivity contribution is 6.06. The fourth-order valence-electron chi connectivity index (χ4n) is 4.51. The lowest BCUT2D eigenvalue weighted by Gasteiger charge is -2.32. The summed E-state index contributed by atoms with van der Waals surface area (Å²) in [6.45, 7) is 2.95. The lowest BCUT2D eigenvalue weighted by atomic mass is 10.1. The third-order valence-corrected chi connectivity index (χ3v) is 6.65. The highest BCUT2D eigenvalue weighted by Gasteiger charge is 2.33. The zero-order valence-corrected chi connectivity index (χ0v) is 21.0. The van der Waals surface area contributed by atoms with Crippen molar-refractivity contribution in [3.05, 3.63) is 47.9 Å². The van der Waals surface area contributed by atoms with E-state index in [0.717, 1.165) is 30.7 Å². The average Bonchev–Trinajstić information content (AvgIpc) is 2.94. The van der Waals surface area contributed by atoms with Gasteiger partial charge in [0.05, 0.1) is 36.4 Å². The zero-order chi connectivity index (χ0) is 27.6. The van der Waals surface area contributed by atoms with Gasteiger partial charge in [0.1, 0.15) is 11.5 Å². The van der Waals surface area contributed by atoms with Crippen LogP contribution in [0.25, 0.3) is 11.4 Å². The highest BCUT2D eigenvalue weighted by Crippen LogP contribution is 2.34. The van der Waals surface area contributed by atoms with Crippen molar-refractivity contribution in [1.29, 1.82) is 0 Å². The summed E-state index contributed by atoms with van der Waals surface area (Å²) in [5.41, 5.74) is 11.4. The predicted octanol–water partition coefficient (Wildman–Crippen LogP) is 2.55. The average molecular weight is 544 g/mol. The van der Waals surface area contributed by atoms with Crippen molar-refractivity contribution < 1.29 is 22.7 Å². The molecular weight excluding hydrogens is 515 g/mol. The first kappa shape index (κ1) is 26.6. The molecule has 1 amide bonds. The number of hydrogen-bond donors (Lipinski definition) is 3. The van der Waals surface area contributed by atoms with Gasteiger partial charge in [0.2, 0.25) is 0 Å². The Morgan fingerprint density at radius 1 is 1.03 bits per heavy atom. The van der Waals surface area contributed by atoms with E-state index in [2.05, 4.69) is 30.2 Å². The molecule has 5 heterocycles. The van der Waals surface area contributed by atoms with Gasteiger partial charge in [-0.25, -0.2) is 19.9 Å². The van der Waals surface area contributed by atoms with Crippen molar-refractivity contribution in [2.24, 2.45) is 5.73 Å². The highest BCUT2D eigenvalue weighted by atomic mass is 19.4. The summed E-state index contributed by atoms with van der Waals surface area (Å²) >= 11 is 0. The van der Waals surface area contributed by atoms with Crippen molar-refractivity contribution in [3.8, 4) is 11.4 Å². The van der Waals surface area contributed by atoms with Gasteiger partial charge in [-0.3, -0.25) is 4.79 Å². The van der Waals surface area contributed by atoms with Gasteiger partial charge >= 0.3 is 6.18 Å². The number of morpholine rings is 1. The maximum Gasteiger partial charge on any atom is 0.416 e. The first-order valence-electron chi connectivity index (χ1n) is 12.5. The molecule has 2 fully saturated rings. The van der Waals surface area contributed by atoms with E-state index >= 15 is 0 Å². The Labute approximate surface area is 222 Å². The molecule has 0 aliphatic carbocycles. The number of halogens is 3. The smallest absolute Gasteiger partial charge is 0.382 e. The number of pyridine rings is 2. The molecule has 39 heavy (non-hydrogen) atoms. The Hall–Kier alpha value is -4.04. The minimum atomic E-state index is -4.62. The van der Waals surface area contributed by atoms with Gasteiger partial charge in [0.25, 0.3) is 5.91 Å². The van der Waals surface area contributed by atoms with E-state index in [1.807, 2.05) is 6.07 Å². The molecular formula is C25H28F3N9O2. The van der Waals surface area contributed by atoms with Crippen LogP contribution < -0.4 is 26.6 Å². The summed E-state index contributed by atoms with van der Waals surface area (Å²) in [5.74, 6) is -0.447. The van der Waals surface area contributed by atoms with Crippen LogP contribution in [0.15, 0.2) is 36.7 Å². The zero-order valence-electron chi connectivity index (χ0n) is 21.0. The number of ether oxygens (including phenoxy) is 1. The lowest BCUT2D eigenvalue weighted by molar-refractivity contribution is -0.137. The Bertz CT molecular complexity index is 1340. The van der Waals surface area contributed by atoms with Gasteiger partial charge in [-0.15, -0.1) is 0 Å². The van der Waals surface area contributed by atoms with Crippen LogP contribution in [0.1, 0.15) is 28.9 Å². The number of nitrogens with zero attached hydrogens (tertiary/aromatic N) is 6. The van der Waals surface area contributed by atoms with Gasteiger partial charge in [-0.1, -0.05) is 0 Å². The van der Waals surface area contributed by atoms with Crippen molar-refractivity contribution in [3.63, 3.8) is 0 Å². The van der Waals surface area contributed by atoms with Crippen LogP contribution in [-0.4, -0.2) is 71.3 Å². The van der Waals surface area contributed by atoms with E-state index in [4.69, 9.17) is 16.2 Å². The lowest BCUT2D eigenvalue weighted by Crippen LogP contribution is -2.40. The Kier molecular flexibility index (Phi) is 7.48. The number of nitrogens with two attached hydrogens (primary N) is 2. The molecule has 0 saturated carbocycles. The second-order valence-electron chi connectivity index (χ2n) is 9.34. The molecule has 0 bridgehead atoms. The van der Waals surface area contributed by atoms with E-state index in [-0.39, 0.29) is 34.8 Å². The van der Waals surface area contributed by atoms with E-state index in [1.165, 1.54) is 6.20 Å². The Balaban J connectivity index is 1.45. The number of amides is 1. The summed E-state index contributed by atoms with van der Waals surface area (Å²) in [4.78, 5) is 34.0. The summed E-state index contributed by atoms with van der Waals surface area (Å²) in [6, 6.07) is 5.60. The number of aromatic nitrogens is 4. The van der Waals surface area contributed by atoms with Crippen LogP contribution in [0.4, 0.5) is 36.3 Å². The molecule has 5 rings (SSSR count). The van der Waals surface area contributed by atoms with Gasteiger partial charge in [-0.2, -0.15) is 13.2 Å². The quantitative estimate of drug-likeness (QED) is 0.438. The molecule has 0 unspecified atom stereocenters. The monoisotopic (exact) mass is 543 g/mol. The fourth-order valence-corrected chi connectivity index (χ4v) is 4.51. The molecule has 11 nitrogen and oxygen atoms in total. The Morgan fingerprint density at radius 2 is 1.77 bits per heavy atom. The van der Waals surface area contributed by atoms with Crippen LogP contribution >= 0.6 is 0 Å². The van der Waals surface area contributed by atoms with Crippen LogP contribution in [0, 0.1) is 0 Å². The first-order valence-corrected chi connectivity index (χ1v) is 12.5. The molecule has 0 atom stereocenters. The third-order valence-electron chi connectivity index (χ3n) is 6.65. The minimum Gasteiger partial charge on any atom is -0.382 e. The second-order valence-corrected chi connectivity index (χ2v) is 9.34. The first-order chi connectivity index (χ1) is 18.7. The molecule has 0 radical (unpaired) electrons. The normalized spacial score (nSPS) is 16.8. The van der Waals surface area contributed by atoms with Crippen molar-refractivity contribution >= 4 is 29.0 Å². The molecule has 14 heteroatoms. The largest absolute Gasteiger partial charge is 0.416 e. The van der Waals surface area contributed by atoms with Crippen molar-refractivity contribution in [2.45, 2.75) is 25.1 Å². The van der Waals surface area contributed by atoms with Crippen molar-refractivity contribution in [2.75, 3.05) is 60.2 Å². The minimum absolute atomic E-state index is 0.0266. The molecule has 2 aliphatic rings. The number of nitrogens with one attached hydrogen (secondary N) is 1. The number of anilines is 4. The summed E-state index contributed by atoms with van der Waals surface area (Å²) in [7, 11) is 0. The van der Waals surface area contributed by atoms with Gasteiger partial charge in [-0.05, 0) is 37.1 Å². The topological polar surface area (TPSA) is 148 Å². The van der Waals surface area contributed by atoms with E-state index in [1.54, 1.807) is 17.2 Å². The standard InChI is InChI=1S/C25H28F3N9O2/c26-25(27,28)15-12-17(33-20(13-15)37-8-10-39-11-9-37)18-14-32-22(30)21(34-18)24(38)35-23-19(2-1-5-31-23)36-6-3-16(29)4-7-36/h1-2,5,12-14,16H,3-4,6-11,29H2,(H2,30,32)(H,31,35,38). The van der Waals surface area contributed by atoms with Crippen LogP contribution in [0.3, 0.4) is 0 Å². The van der Waals surface area contributed by atoms with Crippen molar-refractivity contribution in [1.82, 2.24) is 19.9 Å². The molecule has 0 aromatic carbocycles. The number of carbonyl (C=O) groups is 1. The summed E-state index contributed by atoms with van der Waals surface area (Å²) < 4.78 is 46.5. The number of nitrogen functional groups attached to an aromatic ring is 1. The van der Waals surface area contributed by atoms with Gasteiger partial charge < -0.3 is 31.3 Å². The number of hydrogen-bond acceptors (Lipinski definition) is 10. The molecule has 5 N–H and O–H groups in total. The molecule has 0 spiro atoms. The van der Waals surface area contributed by atoms with Crippen LogP contribution in [-0.2, 0) is 10.9 Å². The molecule has 3 aromatic rings. The van der Waals surface area contributed by atoms with E-state index < -0.39 is 17.6 Å². The molecule has 2 saturated heterocycles. The predicted molar refractivity (Wildman–Crippen MR) is 139 cm³/mol. The maximum absolute atomic E-state index is 13.7. The fraction of sp³-hybridized carbons (Fsp3) is 0.400. The van der Waals surface area contributed by atoms with Gasteiger partial charge in [0, 0.05) is 38.4 Å². The third kappa shape index (κ3) is 6.01. The SMILES string of the molecule is Nc1ncc(-c2cc(C(F)(F)F)cc(N3CCOCC3)n2)nc1C(=O)Nc1ncccc1N1CCC(N)CC1. The number of carbonyl (C=O) groups excluding carboxylic acids is 1. The van der Waals surface area contributed by atoms with E-state index in [9.17, 15) is 18.0 Å². The van der Waals surface area contributed by atoms with Crippen LogP contribution in [0.5, 0.6) is 0 Å². The Morgan fingerprint density at radius 3 is 2.49 bits per heavy atom. The molecule has 2 aliphatic heterocycles. The van der Waals surface area contributed by atoms with Gasteiger partial charge in [0.15, 0.2) is 17.3 Å². The summed E-state index contributed by atoms with van der Waals surface area (Å²) in [5, 5.41) is 2.73. The number of piperidine rings is 1. The summed E-state index contributed by atoms with van der Waals surface area (Å²) in [6.07, 6.45) is -0.271. The van der Waals surface area contributed by atoms with E-state index in [0.29, 0.717) is 45.2 Å². The number of alkyl halides is 3. The molecule has 3 aromatic heterocycles. The molecule has 206 valence electrons. The number of rotatable bonds is 5. The second kappa shape index (κ2) is 11.0. The maximum atomic E-state index is 13.7. The van der Waals surface area contributed by atoms with Crippen LogP contribution in [0.2, 0.25) is 0 Å².